The summed E-state index contributed by atoms with van der Waals surface area (Å²) >= 11 is 0. The zero-order chi connectivity index (χ0) is 16.9. The first kappa shape index (κ1) is 18.2. The van der Waals surface area contributed by atoms with Crippen LogP contribution in [-0.4, -0.2) is 55.9 Å². The Balaban J connectivity index is 1.72. The van der Waals surface area contributed by atoms with E-state index in [1.807, 2.05) is 0 Å². The minimum absolute atomic E-state index is 0.147. The summed E-state index contributed by atoms with van der Waals surface area (Å²) in [5.74, 6) is 2.24. The van der Waals surface area contributed by atoms with E-state index in [-0.39, 0.29) is 18.3 Å². The molecule has 2 saturated heterocycles. The maximum absolute atomic E-state index is 6.66. The fourth-order valence-corrected chi connectivity index (χ4v) is 4.35. The van der Waals surface area contributed by atoms with E-state index >= 15 is 0 Å². The molecule has 24 heavy (non-hydrogen) atoms. The summed E-state index contributed by atoms with van der Waals surface area (Å²) in [6, 6.07) is 0. The summed E-state index contributed by atoms with van der Waals surface area (Å²) < 4.78 is 13.1. The highest BCUT2D eigenvalue weighted by Crippen LogP contribution is 2.31. The van der Waals surface area contributed by atoms with Crippen LogP contribution >= 0.6 is 0 Å². The van der Waals surface area contributed by atoms with Gasteiger partial charge in [0.15, 0.2) is 0 Å². The average Bonchev–Trinajstić information content (AvgIpc) is 2.76. The van der Waals surface area contributed by atoms with E-state index in [1.54, 1.807) is 0 Å². The first-order valence-electron chi connectivity index (χ1n) is 10.1. The molecule has 0 aromatic heterocycles. The minimum atomic E-state index is 0.147. The van der Waals surface area contributed by atoms with Gasteiger partial charge in [-0.25, -0.2) is 0 Å². The van der Waals surface area contributed by atoms with E-state index < -0.39 is 0 Å². The molecule has 0 aromatic carbocycles. The number of allylic oxidation sites excluding steroid dienone is 1. The third kappa shape index (κ3) is 4.74. The Morgan fingerprint density at radius 1 is 1.17 bits per heavy atom. The van der Waals surface area contributed by atoms with Gasteiger partial charge in [0.1, 0.15) is 6.10 Å². The molecule has 3 atom stereocenters. The quantitative estimate of drug-likeness (QED) is 0.855. The second kappa shape index (κ2) is 8.68. The Kier molecular flexibility index (Phi) is 6.59. The molecule has 138 valence electrons. The summed E-state index contributed by atoms with van der Waals surface area (Å²) in [5, 5.41) is 3.46. The number of nitrogens with zero attached hydrogens (tertiary/aromatic N) is 1. The first-order chi connectivity index (χ1) is 11.6. The number of piperidine rings is 2. The Morgan fingerprint density at radius 2 is 1.88 bits per heavy atom. The lowest BCUT2D eigenvalue weighted by molar-refractivity contribution is -0.0884. The predicted molar refractivity (Wildman–Crippen MR) is 98.0 cm³/mol. The van der Waals surface area contributed by atoms with Crippen LogP contribution in [0.25, 0.3) is 0 Å². The molecule has 0 spiro atoms. The van der Waals surface area contributed by atoms with Crippen molar-refractivity contribution in [1.29, 1.82) is 0 Å². The summed E-state index contributed by atoms with van der Waals surface area (Å²) in [6.07, 6.45) is 9.13. The lowest BCUT2D eigenvalue weighted by Gasteiger charge is -2.36. The summed E-state index contributed by atoms with van der Waals surface area (Å²) in [7, 11) is 0. The van der Waals surface area contributed by atoms with Crippen LogP contribution in [0.5, 0.6) is 0 Å². The Bertz CT molecular complexity index is 412. The molecule has 2 fully saturated rings. The molecule has 0 amide bonds. The normalized spacial score (nSPS) is 33.8. The Morgan fingerprint density at radius 3 is 2.54 bits per heavy atom. The maximum atomic E-state index is 6.66. The van der Waals surface area contributed by atoms with Crippen molar-refractivity contribution in [2.24, 2.45) is 11.8 Å². The van der Waals surface area contributed by atoms with Crippen molar-refractivity contribution in [3.05, 3.63) is 11.8 Å². The van der Waals surface area contributed by atoms with Crippen molar-refractivity contribution in [3.8, 4) is 0 Å². The van der Waals surface area contributed by atoms with Gasteiger partial charge >= 0.3 is 0 Å². The van der Waals surface area contributed by atoms with Gasteiger partial charge in [0, 0.05) is 12.5 Å². The molecule has 0 radical (unpaired) electrons. The lowest BCUT2D eigenvalue weighted by atomic mass is 9.94. The molecule has 0 bridgehead atoms. The number of hydrogen-bond donors (Lipinski definition) is 1. The molecule has 0 saturated carbocycles. The molecule has 3 aliphatic rings. The molecule has 0 aliphatic carbocycles. The van der Waals surface area contributed by atoms with Gasteiger partial charge in [0.25, 0.3) is 0 Å². The predicted octanol–water partition coefficient (Wildman–Crippen LogP) is 3.18. The van der Waals surface area contributed by atoms with Crippen LogP contribution in [0.1, 0.15) is 52.9 Å². The van der Waals surface area contributed by atoms with E-state index in [4.69, 9.17) is 9.47 Å². The van der Waals surface area contributed by atoms with Crippen molar-refractivity contribution in [3.63, 3.8) is 0 Å². The minimum Gasteiger partial charge on any atom is -0.491 e. The van der Waals surface area contributed by atoms with Crippen LogP contribution in [0.3, 0.4) is 0 Å². The van der Waals surface area contributed by atoms with E-state index in [0.717, 1.165) is 19.6 Å². The number of ether oxygens (including phenoxy) is 2. The van der Waals surface area contributed by atoms with Gasteiger partial charge in [0.2, 0.25) is 0 Å². The van der Waals surface area contributed by atoms with Gasteiger partial charge in [-0.3, -0.25) is 4.90 Å². The van der Waals surface area contributed by atoms with E-state index in [0.29, 0.717) is 11.8 Å². The van der Waals surface area contributed by atoms with Gasteiger partial charge in [-0.15, -0.1) is 0 Å². The fourth-order valence-electron chi connectivity index (χ4n) is 4.35. The van der Waals surface area contributed by atoms with E-state index in [2.05, 4.69) is 37.1 Å². The molecule has 3 unspecified atom stereocenters. The van der Waals surface area contributed by atoms with Crippen molar-refractivity contribution in [2.45, 2.75) is 71.2 Å². The average molecular weight is 337 g/mol. The molecule has 3 heterocycles. The maximum Gasteiger partial charge on any atom is 0.137 e. The van der Waals surface area contributed by atoms with Crippen molar-refractivity contribution in [2.75, 3.05) is 32.7 Å². The van der Waals surface area contributed by atoms with Gasteiger partial charge in [-0.2, -0.15) is 0 Å². The smallest absolute Gasteiger partial charge is 0.137 e. The number of nitrogens with one attached hydrogen (secondary N) is 1. The van der Waals surface area contributed by atoms with Gasteiger partial charge in [-0.05, 0) is 70.8 Å². The van der Waals surface area contributed by atoms with Crippen molar-refractivity contribution < 1.29 is 9.47 Å². The molecule has 4 heteroatoms. The van der Waals surface area contributed by atoms with Crippen LogP contribution in [0, 0.1) is 11.8 Å². The zero-order valence-electron chi connectivity index (χ0n) is 15.8. The first-order valence-corrected chi connectivity index (χ1v) is 10.1. The molecule has 1 N–H and O–H groups in total. The molecular weight excluding hydrogens is 300 g/mol. The Hall–Kier alpha value is -0.580. The third-order valence-electron chi connectivity index (χ3n) is 5.71. The van der Waals surface area contributed by atoms with Gasteiger partial charge in [0.05, 0.1) is 18.0 Å². The second-order valence-corrected chi connectivity index (χ2v) is 8.16. The van der Waals surface area contributed by atoms with Crippen LogP contribution in [0.4, 0.5) is 0 Å². The molecule has 3 aliphatic heterocycles. The zero-order valence-corrected chi connectivity index (χ0v) is 15.8. The summed E-state index contributed by atoms with van der Waals surface area (Å²) in [5.41, 5.74) is 0. The molecule has 3 rings (SSSR count). The SMILES string of the molecule is CC1C=C(C2CCNCC2)OC(CN2CCCCC2)C(C(C)C)O1. The number of hydrogen-bond acceptors (Lipinski definition) is 4. The summed E-state index contributed by atoms with van der Waals surface area (Å²) in [4.78, 5) is 2.59. The van der Waals surface area contributed by atoms with Crippen LogP contribution < -0.4 is 5.32 Å². The fraction of sp³-hybridized carbons (Fsp3) is 0.900. The number of rotatable bonds is 4. The van der Waals surface area contributed by atoms with Crippen LogP contribution in [0.2, 0.25) is 0 Å². The van der Waals surface area contributed by atoms with Gasteiger partial charge in [-0.1, -0.05) is 20.3 Å². The third-order valence-corrected chi connectivity index (χ3v) is 5.71. The van der Waals surface area contributed by atoms with E-state index in [1.165, 1.54) is 51.0 Å². The highest BCUT2D eigenvalue weighted by Gasteiger charge is 2.35. The van der Waals surface area contributed by atoms with Crippen molar-refractivity contribution in [1.82, 2.24) is 10.2 Å². The number of likely N-dealkylation sites (tertiary alicyclic amines) is 1. The van der Waals surface area contributed by atoms with E-state index in [9.17, 15) is 0 Å². The molecule has 0 aromatic rings. The molecule has 4 nitrogen and oxygen atoms in total. The topological polar surface area (TPSA) is 33.7 Å². The second-order valence-electron chi connectivity index (χ2n) is 8.16. The van der Waals surface area contributed by atoms with Crippen LogP contribution in [-0.2, 0) is 9.47 Å². The largest absolute Gasteiger partial charge is 0.491 e. The Labute approximate surface area is 148 Å². The highest BCUT2D eigenvalue weighted by atomic mass is 16.6. The summed E-state index contributed by atoms with van der Waals surface area (Å²) in [6.45, 7) is 12.3. The van der Waals surface area contributed by atoms with Crippen LogP contribution in [0.15, 0.2) is 11.8 Å². The monoisotopic (exact) mass is 336 g/mol. The molecular formula is C20H36N2O2. The highest BCUT2D eigenvalue weighted by molar-refractivity contribution is 5.07. The van der Waals surface area contributed by atoms with Crippen molar-refractivity contribution >= 4 is 0 Å². The lowest BCUT2D eigenvalue weighted by Crippen LogP contribution is -2.46. The standard InChI is InChI=1S/C20H36N2O2/c1-15(2)20-19(14-22-11-5-4-6-12-22)24-18(13-16(3)23-20)17-7-9-21-10-8-17/h13,15-17,19-21H,4-12,14H2,1-3H3. The van der Waals surface area contributed by atoms with Gasteiger partial charge < -0.3 is 14.8 Å².